The summed E-state index contributed by atoms with van der Waals surface area (Å²) in [6.45, 7) is 0. The number of hydrogen-bond donors (Lipinski definition) is 0. The molecule has 2 aromatic rings. The van der Waals surface area contributed by atoms with Crippen molar-refractivity contribution in [2.75, 3.05) is 0 Å². The molecule has 3 rings (SSSR count). The number of ketones is 1. The fourth-order valence-corrected chi connectivity index (χ4v) is 4.49. The Hall–Kier alpha value is -1.89. The van der Waals surface area contributed by atoms with E-state index in [-0.39, 0.29) is 0 Å². The Morgan fingerprint density at radius 3 is 1.46 bits per heavy atom. The molecule has 0 bridgehead atoms. The van der Waals surface area contributed by atoms with Crippen molar-refractivity contribution in [3.8, 4) is 0 Å². The standard InChI is InChI=1S/C25H32O/c26-24-20-14-6-4-2-1-3-5-7-15-21-25(24,22-16-10-8-11-17-22)23-18-12-9-13-19-23/h8-13,16-19H,1-7,14-15,20-21H2. The minimum Gasteiger partial charge on any atom is -0.298 e. The van der Waals surface area contributed by atoms with Crippen molar-refractivity contribution >= 4 is 5.78 Å². The quantitative estimate of drug-likeness (QED) is 0.580. The number of rotatable bonds is 2. The van der Waals surface area contributed by atoms with E-state index in [0.717, 1.165) is 19.3 Å². The largest absolute Gasteiger partial charge is 0.298 e. The molecule has 0 spiro atoms. The van der Waals surface area contributed by atoms with Gasteiger partial charge >= 0.3 is 0 Å². The molecule has 0 unspecified atom stereocenters. The van der Waals surface area contributed by atoms with Crippen molar-refractivity contribution in [3.05, 3.63) is 71.8 Å². The van der Waals surface area contributed by atoms with E-state index in [2.05, 4.69) is 48.5 Å². The van der Waals surface area contributed by atoms with E-state index in [9.17, 15) is 4.79 Å². The summed E-state index contributed by atoms with van der Waals surface area (Å²) in [5, 5.41) is 0. The monoisotopic (exact) mass is 348 g/mol. The van der Waals surface area contributed by atoms with E-state index < -0.39 is 5.41 Å². The zero-order valence-corrected chi connectivity index (χ0v) is 16.0. The van der Waals surface area contributed by atoms with Crippen molar-refractivity contribution < 1.29 is 4.79 Å². The molecule has 26 heavy (non-hydrogen) atoms. The van der Waals surface area contributed by atoms with Gasteiger partial charge in [-0.15, -0.1) is 0 Å². The van der Waals surface area contributed by atoms with Gasteiger partial charge in [0, 0.05) is 6.42 Å². The first-order valence-corrected chi connectivity index (χ1v) is 10.5. The molecule has 1 fully saturated rings. The van der Waals surface area contributed by atoms with Crippen molar-refractivity contribution in [2.45, 2.75) is 76.0 Å². The highest BCUT2D eigenvalue weighted by Crippen LogP contribution is 2.40. The molecule has 0 amide bonds. The van der Waals surface area contributed by atoms with Gasteiger partial charge in [0.15, 0.2) is 0 Å². The summed E-state index contributed by atoms with van der Waals surface area (Å²) in [7, 11) is 0. The lowest BCUT2D eigenvalue weighted by Crippen LogP contribution is -2.37. The highest BCUT2D eigenvalue weighted by molar-refractivity contribution is 5.93. The predicted octanol–water partition coefficient (Wildman–Crippen LogP) is 6.85. The van der Waals surface area contributed by atoms with Gasteiger partial charge in [-0.25, -0.2) is 0 Å². The lowest BCUT2D eigenvalue weighted by molar-refractivity contribution is -0.123. The molecule has 138 valence electrons. The third kappa shape index (κ3) is 4.44. The zero-order chi connectivity index (χ0) is 18.1. The van der Waals surface area contributed by atoms with Crippen LogP contribution in [-0.4, -0.2) is 5.78 Å². The maximum absolute atomic E-state index is 13.6. The number of hydrogen-bond acceptors (Lipinski definition) is 1. The Balaban J connectivity index is 1.99. The second kappa shape index (κ2) is 9.71. The van der Waals surface area contributed by atoms with Crippen molar-refractivity contribution in [2.24, 2.45) is 0 Å². The number of Topliss-reactive ketones (excluding diaryl/α,β-unsaturated/α-hetero) is 1. The van der Waals surface area contributed by atoms with E-state index in [1.165, 1.54) is 56.1 Å². The van der Waals surface area contributed by atoms with Crippen molar-refractivity contribution in [1.29, 1.82) is 0 Å². The summed E-state index contributed by atoms with van der Waals surface area (Å²) >= 11 is 0. The Morgan fingerprint density at radius 1 is 0.538 bits per heavy atom. The van der Waals surface area contributed by atoms with Crippen LogP contribution in [0.15, 0.2) is 60.7 Å². The van der Waals surface area contributed by atoms with Gasteiger partial charge in [-0.3, -0.25) is 4.79 Å². The molecular formula is C25H32O. The first kappa shape index (κ1) is 18.9. The Kier molecular flexibility index (Phi) is 7.05. The van der Waals surface area contributed by atoms with E-state index in [4.69, 9.17) is 0 Å². The van der Waals surface area contributed by atoms with Crippen LogP contribution >= 0.6 is 0 Å². The minimum absolute atomic E-state index is 0.411. The lowest BCUT2D eigenvalue weighted by Gasteiger charge is -2.34. The average Bonchev–Trinajstić information content (AvgIpc) is 2.71. The van der Waals surface area contributed by atoms with Crippen LogP contribution in [0.2, 0.25) is 0 Å². The molecule has 1 heteroatoms. The fraction of sp³-hybridized carbons (Fsp3) is 0.480. The van der Waals surface area contributed by atoms with Gasteiger partial charge in [-0.2, -0.15) is 0 Å². The van der Waals surface area contributed by atoms with Gasteiger partial charge in [0.1, 0.15) is 5.78 Å². The SMILES string of the molecule is O=C1CCCCCCCCCCCC1(c1ccccc1)c1ccccc1. The summed E-state index contributed by atoms with van der Waals surface area (Å²) in [6.07, 6.45) is 12.8. The molecule has 2 aromatic carbocycles. The molecular weight excluding hydrogens is 316 g/mol. The first-order chi connectivity index (χ1) is 12.8. The fourth-order valence-electron chi connectivity index (χ4n) is 4.49. The summed E-state index contributed by atoms with van der Waals surface area (Å²) < 4.78 is 0. The Morgan fingerprint density at radius 2 is 0.962 bits per heavy atom. The van der Waals surface area contributed by atoms with Crippen molar-refractivity contribution in [1.82, 2.24) is 0 Å². The van der Waals surface area contributed by atoms with Crippen LogP contribution in [0.5, 0.6) is 0 Å². The molecule has 0 N–H and O–H groups in total. The molecule has 0 radical (unpaired) electrons. The van der Waals surface area contributed by atoms with Crippen LogP contribution in [-0.2, 0) is 10.2 Å². The molecule has 0 aromatic heterocycles. The molecule has 0 aliphatic heterocycles. The van der Waals surface area contributed by atoms with Crippen LogP contribution in [0.3, 0.4) is 0 Å². The number of carbonyl (C=O) groups excluding carboxylic acids is 1. The zero-order valence-electron chi connectivity index (χ0n) is 16.0. The number of carbonyl (C=O) groups is 1. The summed E-state index contributed by atoms with van der Waals surface area (Å²) in [6, 6.07) is 21.0. The maximum Gasteiger partial charge on any atom is 0.147 e. The average molecular weight is 349 g/mol. The second-order valence-corrected chi connectivity index (χ2v) is 7.74. The van der Waals surface area contributed by atoms with Crippen LogP contribution in [0.4, 0.5) is 0 Å². The molecule has 1 nitrogen and oxygen atoms in total. The summed E-state index contributed by atoms with van der Waals surface area (Å²) in [5.41, 5.74) is 1.87. The Bertz CT molecular complexity index is 620. The van der Waals surface area contributed by atoms with Gasteiger partial charge in [0.2, 0.25) is 0 Å². The van der Waals surface area contributed by atoms with Gasteiger partial charge in [0.05, 0.1) is 5.41 Å². The lowest BCUT2D eigenvalue weighted by atomic mass is 9.67. The minimum atomic E-state index is -0.476. The highest BCUT2D eigenvalue weighted by atomic mass is 16.1. The smallest absolute Gasteiger partial charge is 0.147 e. The molecule has 1 saturated carbocycles. The third-order valence-electron chi connectivity index (χ3n) is 5.96. The predicted molar refractivity (Wildman–Crippen MR) is 109 cm³/mol. The highest BCUT2D eigenvalue weighted by Gasteiger charge is 2.40. The summed E-state index contributed by atoms with van der Waals surface area (Å²) in [5.74, 6) is 0.411. The van der Waals surface area contributed by atoms with Gasteiger partial charge in [-0.1, -0.05) is 112 Å². The van der Waals surface area contributed by atoms with Crippen LogP contribution < -0.4 is 0 Å². The molecule has 0 atom stereocenters. The van der Waals surface area contributed by atoms with Crippen molar-refractivity contribution in [3.63, 3.8) is 0 Å². The van der Waals surface area contributed by atoms with E-state index in [0.29, 0.717) is 12.2 Å². The topological polar surface area (TPSA) is 17.1 Å². The molecule has 0 heterocycles. The van der Waals surface area contributed by atoms with E-state index in [1.54, 1.807) is 0 Å². The van der Waals surface area contributed by atoms with Gasteiger partial charge in [-0.05, 0) is 24.0 Å². The van der Waals surface area contributed by atoms with Crippen LogP contribution in [0.25, 0.3) is 0 Å². The molecule has 1 aliphatic rings. The first-order valence-electron chi connectivity index (χ1n) is 10.5. The maximum atomic E-state index is 13.6. The van der Waals surface area contributed by atoms with Crippen LogP contribution in [0.1, 0.15) is 81.8 Å². The van der Waals surface area contributed by atoms with Gasteiger partial charge in [0.25, 0.3) is 0 Å². The second-order valence-electron chi connectivity index (χ2n) is 7.74. The molecule has 1 aliphatic carbocycles. The number of benzene rings is 2. The normalized spacial score (nSPS) is 19.8. The van der Waals surface area contributed by atoms with Crippen LogP contribution in [0, 0.1) is 0 Å². The Labute approximate surface area is 158 Å². The van der Waals surface area contributed by atoms with E-state index in [1.807, 2.05) is 12.1 Å². The van der Waals surface area contributed by atoms with E-state index >= 15 is 0 Å². The van der Waals surface area contributed by atoms with Gasteiger partial charge < -0.3 is 0 Å². The third-order valence-corrected chi connectivity index (χ3v) is 5.96. The molecule has 0 saturated heterocycles. The summed E-state index contributed by atoms with van der Waals surface area (Å²) in [4.78, 5) is 13.6.